The van der Waals surface area contributed by atoms with Gasteiger partial charge in [0.05, 0.1) is 0 Å². The van der Waals surface area contributed by atoms with E-state index in [0.29, 0.717) is 5.13 Å². The molecular formula is C10H18N4S. The van der Waals surface area contributed by atoms with E-state index in [1.807, 2.05) is 0 Å². The first-order valence-electron chi connectivity index (χ1n) is 5.54. The first-order valence-corrected chi connectivity index (χ1v) is 6.36. The highest BCUT2D eigenvalue weighted by Crippen LogP contribution is 2.17. The Morgan fingerprint density at radius 3 is 3.07 bits per heavy atom. The number of hydrogen-bond acceptors (Lipinski definition) is 5. The summed E-state index contributed by atoms with van der Waals surface area (Å²) in [6.07, 6.45) is 3.70. The minimum absolute atomic E-state index is 0.581. The number of likely N-dealkylation sites (tertiary alicyclic amines) is 1. The molecule has 1 saturated heterocycles. The van der Waals surface area contributed by atoms with Crippen LogP contribution in [0.1, 0.15) is 24.8 Å². The Kier molecular flexibility index (Phi) is 3.53. The molecule has 1 aromatic rings. The average molecular weight is 226 g/mol. The lowest BCUT2D eigenvalue weighted by Crippen LogP contribution is -2.35. The first kappa shape index (κ1) is 10.8. The Morgan fingerprint density at radius 2 is 2.40 bits per heavy atom. The minimum Gasteiger partial charge on any atom is -0.374 e. The molecule has 5 heteroatoms. The molecule has 1 aromatic heterocycles. The Bertz CT molecular complexity index is 312. The fourth-order valence-electron chi connectivity index (χ4n) is 2.11. The summed E-state index contributed by atoms with van der Waals surface area (Å²) < 4.78 is 0. The van der Waals surface area contributed by atoms with Crippen molar-refractivity contribution in [2.24, 2.45) is 5.92 Å². The molecule has 0 amide bonds. The zero-order chi connectivity index (χ0) is 10.7. The van der Waals surface area contributed by atoms with Crippen molar-refractivity contribution >= 4 is 16.5 Å². The van der Waals surface area contributed by atoms with E-state index in [2.05, 4.69) is 22.0 Å². The Balaban J connectivity index is 1.77. The number of piperidine rings is 1. The number of nitrogen functional groups attached to an aromatic ring is 1. The molecule has 15 heavy (non-hydrogen) atoms. The number of rotatable bonds is 3. The van der Waals surface area contributed by atoms with Gasteiger partial charge in [-0.15, -0.1) is 10.2 Å². The lowest BCUT2D eigenvalue weighted by molar-refractivity contribution is 0.186. The SMILES string of the molecule is CC1CCCN(CCc2nnc(N)s2)C1. The van der Waals surface area contributed by atoms with Crippen molar-refractivity contribution in [3.05, 3.63) is 5.01 Å². The number of aromatic nitrogens is 2. The van der Waals surface area contributed by atoms with Crippen LogP contribution in [0.15, 0.2) is 0 Å². The molecule has 2 heterocycles. The van der Waals surface area contributed by atoms with Gasteiger partial charge in [-0.05, 0) is 25.3 Å². The molecule has 1 aliphatic rings. The van der Waals surface area contributed by atoms with Gasteiger partial charge in [-0.2, -0.15) is 0 Å². The maximum absolute atomic E-state index is 5.54. The summed E-state index contributed by atoms with van der Waals surface area (Å²) in [4.78, 5) is 2.52. The van der Waals surface area contributed by atoms with Crippen LogP contribution in [0, 0.1) is 5.92 Å². The largest absolute Gasteiger partial charge is 0.374 e. The second-order valence-electron chi connectivity index (χ2n) is 4.33. The Morgan fingerprint density at radius 1 is 1.53 bits per heavy atom. The van der Waals surface area contributed by atoms with Crippen LogP contribution in [-0.4, -0.2) is 34.7 Å². The molecule has 1 aliphatic heterocycles. The van der Waals surface area contributed by atoms with Gasteiger partial charge < -0.3 is 10.6 Å². The molecule has 2 rings (SSSR count). The van der Waals surface area contributed by atoms with Gasteiger partial charge >= 0.3 is 0 Å². The highest BCUT2D eigenvalue weighted by molar-refractivity contribution is 7.15. The lowest BCUT2D eigenvalue weighted by atomic mass is 10.0. The van der Waals surface area contributed by atoms with Crippen molar-refractivity contribution in [2.45, 2.75) is 26.2 Å². The van der Waals surface area contributed by atoms with Crippen molar-refractivity contribution in [2.75, 3.05) is 25.4 Å². The number of anilines is 1. The normalized spacial score (nSPS) is 23.1. The van der Waals surface area contributed by atoms with E-state index < -0.39 is 0 Å². The second-order valence-corrected chi connectivity index (χ2v) is 5.43. The molecule has 2 N–H and O–H groups in total. The maximum atomic E-state index is 5.54. The summed E-state index contributed by atoms with van der Waals surface area (Å²) in [5.74, 6) is 0.846. The smallest absolute Gasteiger partial charge is 0.203 e. The maximum Gasteiger partial charge on any atom is 0.203 e. The zero-order valence-corrected chi connectivity index (χ0v) is 9.96. The fraction of sp³-hybridized carbons (Fsp3) is 0.800. The van der Waals surface area contributed by atoms with Crippen LogP contribution in [-0.2, 0) is 6.42 Å². The summed E-state index contributed by atoms with van der Waals surface area (Å²) >= 11 is 1.51. The van der Waals surface area contributed by atoms with Gasteiger partial charge in [-0.3, -0.25) is 0 Å². The molecule has 0 aromatic carbocycles. The van der Waals surface area contributed by atoms with Crippen LogP contribution in [0.25, 0.3) is 0 Å². The second kappa shape index (κ2) is 4.90. The molecule has 0 spiro atoms. The summed E-state index contributed by atoms with van der Waals surface area (Å²) in [7, 11) is 0. The van der Waals surface area contributed by atoms with Crippen molar-refractivity contribution in [3.8, 4) is 0 Å². The molecule has 0 saturated carbocycles. The molecule has 4 nitrogen and oxygen atoms in total. The van der Waals surface area contributed by atoms with Crippen molar-refractivity contribution in [1.29, 1.82) is 0 Å². The summed E-state index contributed by atoms with van der Waals surface area (Å²) in [5, 5.41) is 9.50. The molecule has 1 fully saturated rings. The molecular weight excluding hydrogens is 208 g/mol. The standard InChI is InChI=1S/C10H18N4S/c1-8-3-2-5-14(7-8)6-4-9-12-13-10(11)15-9/h8H,2-7H2,1H3,(H2,11,13). The molecule has 0 bridgehead atoms. The quantitative estimate of drug-likeness (QED) is 0.846. The third kappa shape index (κ3) is 3.14. The predicted molar refractivity (Wildman–Crippen MR) is 62.9 cm³/mol. The van der Waals surface area contributed by atoms with Crippen LogP contribution in [0.5, 0.6) is 0 Å². The topological polar surface area (TPSA) is 55.0 Å². The van der Waals surface area contributed by atoms with Crippen LogP contribution in [0.4, 0.5) is 5.13 Å². The van der Waals surface area contributed by atoms with Gasteiger partial charge in [0.1, 0.15) is 5.01 Å². The molecule has 1 atom stereocenters. The highest BCUT2D eigenvalue weighted by Gasteiger charge is 2.16. The highest BCUT2D eigenvalue weighted by atomic mass is 32.1. The molecule has 84 valence electrons. The summed E-state index contributed by atoms with van der Waals surface area (Å²) in [5.41, 5.74) is 5.54. The van der Waals surface area contributed by atoms with Gasteiger partial charge in [-0.1, -0.05) is 18.3 Å². The van der Waals surface area contributed by atoms with Gasteiger partial charge in [0.15, 0.2) is 0 Å². The van der Waals surface area contributed by atoms with Crippen LogP contribution in [0.3, 0.4) is 0 Å². The first-order chi connectivity index (χ1) is 7.24. The average Bonchev–Trinajstić information content (AvgIpc) is 2.62. The van der Waals surface area contributed by atoms with E-state index in [-0.39, 0.29) is 0 Å². The van der Waals surface area contributed by atoms with E-state index >= 15 is 0 Å². The monoisotopic (exact) mass is 226 g/mol. The lowest BCUT2D eigenvalue weighted by Gasteiger charge is -2.30. The minimum atomic E-state index is 0.581. The summed E-state index contributed by atoms with van der Waals surface area (Å²) in [6, 6.07) is 0. The van der Waals surface area contributed by atoms with Crippen LogP contribution >= 0.6 is 11.3 Å². The van der Waals surface area contributed by atoms with Gasteiger partial charge in [0.2, 0.25) is 5.13 Å². The molecule has 1 unspecified atom stereocenters. The van der Waals surface area contributed by atoms with Gasteiger partial charge in [0, 0.05) is 19.5 Å². The third-order valence-electron chi connectivity index (χ3n) is 2.87. The summed E-state index contributed by atoms with van der Waals surface area (Å²) in [6.45, 7) is 5.89. The van der Waals surface area contributed by atoms with E-state index in [9.17, 15) is 0 Å². The van der Waals surface area contributed by atoms with E-state index in [0.717, 1.165) is 23.9 Å². The number of hydrogen-bond donors (Lipinski definition) is 1. The van der Waals surface area contributed by atoms with E-state index in [1.54, 1.807) is 0 Å². The van der Waals surface area contributed by atoms with E-state index in [1.165, 1.54) is 37.3 Å². The van der Waals surface area contributed by atoms with Gasteiger partial charge in [0.25, 0.3) is 0 Å². The van der Waals surface area contributed by atoms with Crippen LogP contribution in [0.2, 0.25) is 0 Å². The Hall–Kier alpha value is -0.680. The third-order valence-corrected chi connectivity index (χ3v) is 3.68. The van der Waals surface area contributed by atoms with Crippen LogP contribution < -0.4 is 5.73 Å². The van der Waals surface area contributed by atoms with Gasteiger partial charge in [-0.25, -0.2) is 0 Å². The van der Waals surface area contributed by atoms with E-state index in [4.69, 9.17) is 5.73 Å². The number of nitrogens with zero attached hydrogens (tertiary/aromatic N) is 3. The number of nitrogens with two attached hydrogens (primary N) is 1. The molecule has 0 radical (unpaired) electrons. The van der Waals surface area contributed by atoms with Crippen molar-refractivity contribution < 1.29 is 0 Å². The molecule has 0 aliphatic carbocycles. The Labute approximate surface area is 94.5 Å². The van der Waals surface area contributed by atoms with Crippen molar-refractivity contribution in [3.63, 3.8) is 0 Å². The zero-order valence-electron chi connectivity index (χ0n) is 9.15. The predicted octanol–water partition coefficient (Wildman–Crippen LogP) is 1.39. The van der Waals surface area contributed by atoms with Crippen molar-refractivity contribution in [1.82, 2.24) is 15.1 Å². The fourth-order valence-corrected chi connectivity index (χ4v) is 2.71.